The highest BCUT2D eigenvalue weighted by Gasteiger charge is 2.35. The van der Waals surface area contributed by atoms with Crippen molar-refractivity contribution in [2.45, 2.75) is 39.2 Å². The first-order valence-corrected chi connectivity index (χ1v) is 11.2. The van der Waals surface area contributed by atoms with Crippen molar-refractivity contribution in [1.82, 2.24) is 0 Å². The van der Waals surface area contributed by atoms with E-state index in [1.165, 1.54) is 6.92 Å². The molecule has 0 saturated heterocycles. The Morgan fingerprint density at radius 1 is 0.875 bits per heavy atom. The number of hydrogen-bond donors (Lipinski definition) is 2. The summed E-state index contributed by atoms with van der Waals surface area (Å²) in [5.74, 6) is 0.231. The first-order chi connectivity index (χ1) is 15.3. The van der Waals surface area contributed by atoms with Gasteiger partial charge in [0.05, 0.1) is 6.04 Å². The van der Waals surface area contributed by atoms with Gasteiger partial charge in [-0.3, -0.25) is 9.59 Å². The average Bonchev–Trinajstić information content (AvgIpc) is 2.74. The zero-order chi connectivity index (χ0) is 22.8. The molecular formula is C27H27ClN2O2. The van der Waals surface area contributed by atoms with Crippen LogP contribution in [0.3, 0.4) is 0 Å². The van der Waals surface area contributed by atoms with E-state index in [2.05, 4.69) is 35.8 Å². The van der Waals surface area contributed by atoms with Crippen LogP contribution >= 0.6 is 11.6 Å². The zero-order valence-electron chi connectivity index (χ0n) is 18.5. The Labute approximate surface area is 194 Å². The Morgan fingerprint density at radius 2 is 1.59 bits per heavy atom. The van der Waals surface area contributed by atoms with E-state index in [0.29, 0.717) is 5.02 Å². The second kappa shape index (κ2) is 9.17. The molecular weight excluding hydrogens is 420 g/mol. The molecule has 32 heavy (non-hydrogen) atoms. The third kappa shape index (κ3) is 4.71. The summed E-state index contributed by atoms with van der Waals surface area (Å²) >= 11 is 6.05. The fraction of sp³-hybridized carbons (Fsp3) is 0.259. The smallest absolute Gasteiger partial charge is 0.221 e. The summed E-state index contributed by atoms with van der Waals surface area (Å²) in [6.45, 7) is 5.33. The molecule has 5 heteroatoms. The number of carbonyl (C=O) groups excluding carboxylic acids is 2. The predicted molar refractivity (Wildman–Crippen MR) is 131 cm³/mol. The molecule has 3 aromatic carbocycles. The first-order valence-electron chi connectivity index (χ1n) is 10.9. The van der Waals surface area contributed by atoms with E-state index < -0.39 is 0 Å². The van der Waals surface area contributed by atoms with Crippen LogP contribution in [0.1, 0.15) is 50.3 Å². The number of ketones is 1. The van der Waals surface area contributed by atoms with Crippen molar-refractivity contribution in [3.05, 3.63) is 82.9 Å². The van der Waals surface area contributed by atoms with E-state index in [9.17, 15) is 9.59 Å². The van der Waals surface area contributed by atoms with Crippen molar-refractivity contribution >= 4 is 34.7 Å². The summed E-state index contributed by atoms with van der Waals surface area (Å²) < 4.78 is 0. The highest BCUT2D eigenvalue weighted by Crippen LogP contribution is 2.44. The van der Waals surface area contributed by atoms with E-state index >= 15 is 0 Å². The summed E-state index contributed by atoms with van der Waals surface area (Å²) in [5, 5.41) is 7.19. The van der Waals surface area contributed by atoms with Crippen molar-refractivity contribution in [3.8, 4) is 11.1 Å². The third-order valence-corrected chi connectivity index (χ3v) is 6.37. The lowest BCUT2D eigenvalue weighted by atomic mass is 9.71. The molecule has 4 rings (SSSR count). The number of Topliss-reactive ketones (excluding diaryl/α,β-unsaturated/α-hetero) is 1. The minimum atomic E-state index is -0.104. The molecule has 0 aromatic heterocycles. The van der Waals surface area contributed by atoms with Gasteiger partial charge in [0.1, 0.15) is 5.78 Å². The van der Waals surface area contributed by atoms with Gasteiger partial charge in [-0.05, 0) is 84.0 Å². The minimum Gasteiger partial charge on any atom is -0.378 e. The lowest BCUT2D eigenvalue weighted by molar-refractivity contribution is -0.119. The summed E-state index contributed by atoms with van der Waals surface area (Å²) in [5.41, 5.74) is 6.05. The summed E-state index contributed by atoms with van der Waals surface area (Å²) in [6, 6.07) is 21.9. The Kier molecular flexibility index (Phi) is 6.33. The maximum atomic E-state index is 12.5. The first kappa shape index (κ1) is 22.1. The predicted octanol–water partition coefficient (Wildman–Crippen LogP) is 6.83. The van der Waals surface area contributed by atoms with Crippen molar-refractivity contribution in [3.63, 3.8) is 0 Å². The van der Waals surface area contributed by atoms with Gasteiger partial charge in [0.15, 0.2) is 0 Å². The Bertz CT molecular complexity index is 1160. The van der Waals surface area contributed by atoms with Gasteiger partial charge in [0, 0.05) is 29.2 Å². The summed E-state index contributed by atoms with van der Waals surface area (Å²) in [4.78, 5) is 24.0. The van der Waals surface area contributed by atoms with Crippen LogP contribution in [0.2, 0.25) is 5.02 Å². The van der Waals surface area contributed by atoms with Gasteiger partial charge < -0.3 is 10.6 Å². The van der Waals surface area contributed by atoms with E-state index in [4.69, 9.17) is 11.6 Å². The Hall–Kier alpha value is -3.11. The number of halogens is 1. The Balaban J connectivity index is 1.75. The molecule has 0 radical (unpaired) electrons. The minimum absolute atomic E-state index is 0.0789. The van der Waals surface area contributed by atoms with E-state index in [0.717, 1.165) is 40.0 Å². The molecule has 0 spiro atoms. The number of hydrogen-bond acceptors (Lipinski definition) is 3. The van der Waals surface area contributed by atoms with Gasteiger partial charge in [-0.25, -0.2) is 0 Å². The van der Waals surface area contributed by atoms with Crippen molar-refractivity contribution in [2.24, 2.45) is 5.92 Å². The van der Waals surface area contributed by atoms with Crippen LogP contribution in [0.4, 0.5) is 11.4 Å². The SMILES string of the molecule is CC(=O)Nc1cccc(-c2ccc3c(c2)[C@H](Nc2ccc(Cl)cc2)C[C@H](C)C3C(C)=O)c1. The van der Waals surface area contributed by atoms with E-state index in [1.54, 1.807) is 6.92 Å². The molecule has 3 aromatic rings. The topological polar surface area (TPSA) is 58.2 Å². The average molecular weight is 447 g/mol. The molecule has 1 amide bonds. The second-order valence-corrected chi connectivity index (χ2v) is 9.05. The number of fused-ring (bicyclic) bond motifs is 1. The van der Waals surface area contributed by atoms with Gasteiger partial charge in [-0.2, -0.15) is 0 Å². The number of amides is 1. The molecule has 3 atom stereocenters. The fourth-order valence-electron chi connectivity index (χ4n) is 4.76. The third-order valence-electron chi connectivity index (χ3n) is 6.11. The van der Waals surface area contributed by atoms with Crippen LogP contribution in [-0.4, -0.2) is 11.7 Å². The number of carbonyl (C=O) groups is 2. The molecule has 1 aliphatic carbocycles. The lowest BCUT2D eigenvalue weighted by Crippen LogP contribution is -2.29. The van der Waals surface area contributed by atoms with Crippen molar-refractivity contribution < 1.29 is 9.59 Å². The number of rotatable bonds is 5. The normalized spacial score (nSPS) is 19.7. The molecule has 1 unspecified atom stereocenters. The molecule has 164 valence electrons. The van der Waals surface area contributed by atoms with Gasteiger partial charge >= 0.3 is 0 Å². The monoisotopic (exact) mass is 446 g/mol. The van der Waals surface area contributed by atoms with Crippen LogP contribution in [0.15, 0.2) is 66.7 Å². The van der Waals surface area contributed by atoms with Crippen LogP contribution in [0.25, 0.3) is 11.1 Å². The molecule has 0 heterocycles. The van der Waals surface area contributed by atoms with E-state index in [1.807, 2.05) is 48.5 Å². The molecule has 1 aliphatic rings. The standard InChI is InChI=1S/C27H27ClN2O2/c1-16-13-26(30-22-10-8-21(28)9-11-22)25-15-20(7-12-24(25)27(16)17(2)31)19-5-4-6-23(14-19)29-18(3)32/h4-12,14-16,26-27,30H,13H2,1-3H3,(H,29,32)/t16-,26+,27?/m0/s1. The lowest BCUT2D eigenvalue weighted by Gasteiger charge is -2.36. The van der Waals surface area contributed by atoms with Crippen LogP contribution in [0, 0.1) is 5.92 Å². The van der Waals surface area contributed by atoms with Crippen LogP contribution < -0.4 is 10.6 Å². The summed E-state index contributed by atoms with van der Waals surface area (Å²) in [7, 11) is 0. The molecule has 0 saturated carbocycles. The van der Waals surface area contributed by atoms with Crippen LogP contribution in [-0.2, 0) is 9.59 Å². The number of anilines is 2. The number of benzene rings is 3. The Morgan fingerprint density at radius 3 is 2.28 bits per heavy atom. The molecule has 2 N–H and O–H groups in total. The van der Waals surface area contributed by atoms with E-state index in [-0.39, 0.29) is 29.6 Å². The molecule has 4 nitrogen and oxygen atoms in total. The second-order valence-electron chi connectivity index (χ2n) is 8.61. The molecule has 0 aliphatic heterocycles. The highest BCUT2D eigenvalue weighted by molar-refractivity contribution is 6.30. The maximum Gasteiger partial charge on any atom is 0.221 e. The van der Waals surface area contributed by atoms with Gasteiger partial charge in [0.25, 0.3) is 0 Å². The van der Waals surface area contributed by atoms with Crippen molar-refractivity contribution in [1.29, 1.82) is 0 Å². The quantitative estimate of drug-likeness (QED) is 0.451. The largest absolute Gasteiger partial charge is 0.378 e. The fourth-order valence-corrected chi connectivity index (χ4v) is 4.89. The molecule has 0 bridgehead atoms. The zero-order valence-corrected chi connectivity index (χ0v) is 19.2. The van der Waals surface area contributed by atoms with Gasteiger partial charge in [-0.15, -0.1) is 0 Å². The maximum absolute atomic E-state index is 12.5. The van der Waals surface area contributed by atoms with Crippen molar-refractivity contribution in [2.75, 3.05) is 10.6 Å². The highest BCUT2D eigenvalue weighted by atomic mass is 35.5. The van der Waals surface area contributed by atoms with Gasteiger partial charge in [0.2, 0.25) is 5.91 Å². The summed E-state index contributed by atoms with van der Waals surface area (Å²) in [6.07, 6.45) is 0.856. The number of nitrogens with one attached hydrogen (secondary N) is 2. The van der Waals surface area contributed by atoms with Gasteiger partial charge in [-0.1, -0.05) is 42.8 Å². The van der Waals surface area contributed by atoms with Crippen LogP contribution in [0.5, 0.6) is 0 Å². The molecule has 0 fully saturated rings.